The number of nitrogens with one attached hydrogen (secondary N) is 1. The van der Waals surface area contributed by atoms with E-state index in [9.17, 15) is 4.79 Å². The van der Waals surface area contributed by atoms with Crippen molar-refractivity contribution < 1.29 is 14.3 Å². The first-order valence-corrected chi connectivity index (χ1v) is 9.38. The maximum Gasteiger partial charge on any atom is 0.212 e. The zero-order chi connectivity index (χ0) is 21.4. The second-order valence-electron chi connectivity index (χ2n) is 6.99. The molecule has 0 aliphatic heterocycles. The summed E-state index contributed by atoms with van der Waals surface area (Å²) >= 11 is 0. The number of nitrogens with two attached hydrogens (primary N) is 1. The number of rotatable bonds is 5. The van der Waals surface area contributed by atoms with Crippen LogP contribution in [0.3, 0.4) is 0 Å². The van der Waals surface area contributed by atoms with Crippen LogP contribution in [0.2, 0.25) is 0 Å². The molecule has 150 valence electrons. The van der Waals surface area contributed by atoms with E-state index in [2.05, 4.69) is 4.98 Å². The predicted molar refractivity (Wildman–Crippen MR) is 118 cm³/mol. The molecule has 0 unspecified atom stereocenters. The van der Waals surface area contributed by atoms with Crippen LogP contribution in [0.4, 0.5) is 0 Å². The largest absolute Gasteiger partial charge is 0.493 e. The maximum atomic E-state index is 13.6. The molecule has 6 nitrogen and oxygen atoms in total. The van der Waals surface area contributed by atoms with E-state index in [4.69, 9.17) is 20.6 Å². The van der Waals surface area contributed by atoms with Crippen molar-refractivity contribution in [3.63, 3.8) is 0 Å². The third-order valence-electron chi connectivity index (χ3n) is 5.28. The molecule has 0 spiro atoms. The average Bonchev–Trinajstić information content (AvgIpc) is 2.77. The van der Waals surface area contributed by atoms with Crippen molar-refractivity contribution in [2.45, 2.75) is 6.92 Å². The van der Waals surface area contributed by atoms with Crippen LogP contribution in [-0.2, 0) is 0 Å². The van der Waals surface area contributed by atoms with Gasteiger partial charge in [0.25, 0.3) is 0 Å². The molecule has 0 radical (unpaired) electrons. The molecule has 4 aromatic rings. The first-order valence-electron chi connectivity index (χ1n) is 9.38. The molecule has 4 rings (SSSR count). The van der Waals surface area contributed by atoms with Gasteiger partial charge in [-0.3, -0.25) is 15.2 Å². The second-order valence-corrected chi connectivity index (χ2v) is 6.99. The van der Waals surface area contributed by atoms with Gasteiger partial charge in [0.05, 0.1) is 14.2 Å². The number of nitrogens with zero attached hydrogens (tertiary/aromatic N) is 1. The lowest BCUT2D eigenvalue weighted by atomic mass is 9.94. The summed E-state index contributed by atoms with van der Waals surface area (Å²) in [7, 11) is 3.06. The van der Waals surface area contributed by atoms with E-state index in [1.54, 1.807) is 12.1 Å². The van der Waals surface area contributed by atoms with Crippen LogP contribution in [-0.4, -0.2) is 30.8 Å². The summed E-state index contributed by atoms with van der Waals surface area (Å²) in [6, 6.07) is 15.0. The molecule has 0 saturated heterocycles. The molecular formula is C24H21N3O3. The number of pyridine rings is 1. The molecule has 1 heterocycles. The number of ketones is 1. The molecule has 0 atom stereocenters. The van der Waals surface area contributed by atoms with Gasteiger partial charge in [0, 0.05) is 28.1 Å². The Bertz CT molecular complexity index is 1330. The fourth-order valence-corrected chi connectivity index (χ4v) is 3.74. The summed E-state index contributed by atoms with van der Waals surface area (Å²) in [5.41, 5.74) is 8.11. The zero-order valence-electron chi connectivity index (χ0n) is 16.9. The smallest absolute Gasteiger partial charge is 0.212 e. The van der Waals surface area contributed by atoms with Crippen LogP contribution in [0, 0.1) is 12.3 Å². The van der Waals surface area contributed by atoms with E-state index in [1.807, 2.05) is 43.3 Å². The van der Waals surface area contributed by atoms with Crippen molar-refractivity contribution in [3.05, 3.63) is 77.1 Å². The summed E-state index contributed by atoms with van der Waals surface area (Å²) in [6.45, 7) is 2.02. The highest BCUT2D eigenvalue weighted by molar-refractivity contribution is 6.22. The lowest BCUT2D eigenvalue weighted by Gasteiger charge is -2.14. The van der Waals surface area contributed by atoms with Crippen molar-refractivity contribution in [1.29, 1.82) is 5.41 Å². The molecule has 0 fully saturated rings. The number of nitrogen functional groups attached to an aromatic ring is 1. The van der Waals surface area contributed by atoms with E-state index in [1.165, 1.54) is 20.4 Å². The SMILES string of the molecule is COc1cc2c(C(=N)N)cnc(C(=O)c3ccc(C)c4ccccc34)c2cc1OC. The standard InChI is InChI=1S/C24H21N3O3/c1-13-8-9-16(15-7-5-4-6-14(13)15)23(28)22-18-11-21(30-3)20(29-2)10-17(18)19(12-27-22)24(25)26/h4-12H,1-3H3,(H3,25,26). The number of carbonyl (C=O) groups is 1. The van der Waals surface area contributed by atoms with Crippen LogP contribution in [0.5, 0.6) is 11.5 Å². The van der Waals surface area contributed by atoms with Gasteiger partial charge in [-0.05, 0) is 35.4 Å². The number of aryl methyl sites for hydroxylation is 1. The Morgan fingerprint density at radius 1 is 0.900 bits per heavy atom. The Morgan fingerprint density at radius 3 is 2.17 bits per heavy atom. The van der Waals surface area contributed by atoms with Gasteiger partial charge in [0.1, 0.15) is 11.5 Å². The first-order chi connectivity index (χ1) is 14.5. The lowest BCUT2D eigenvalue weighted by Crippen LogP contribution is -2.14. The minimum atomic E-state index is -0.210. The predicted octanol–water partition coefficient (Wildman–Crippen LogP) is 4.23. The Kier molecular flexibility index (Phi) is 4.83. The van der Waals surface area contributed by atoms with E-state index >= 15 is 0 Å². The van der Waals surface area contributed by atoms with E-state index < -0.39 is 0 Å². The van der Waals surface area contributed by atoms with Crippen molar-refractivity contribution >= 4 is 33.2 Å². The molecule has 0 saturated carbocycles. The molecule has 3 N–H and O–H groups in total. The molecule has 1 aromatic heterocycles. The van der Waals surface area contributed by atoms with Gasteiger partial charge in [-0.15, -0.1) is 0 Å². The van der Waals surface area contributed by atoms with E-state index in [0.717, 1.165) is 16.3 Å². The molecule has 0 bridgehead atoms. The topological polar surface area (TPSA) is 98.3 Å². The van der Waals surface area contributed by atoms with Gasteiger partial charge in [-0.2, -0.15) is 0 Å². The number of amidine groups is 1. The van der Waals surface area contributed by atoms with Crippen molar-refractivity contribution in [2.75, 3.05) is 14.2 Å². The lowest BCUT2D eigenvalue weighted by molar-refractivity contribution is 0.103. The third-order valence-corrected chi connectivity index (χ3v) is 5.28. The molecule has 30 heavy (non-hydrogen) atoms. The fraction of sp³-hybridized carbons (Fsp3) is 0.125. The van der Waals surface area contributed by atoms with Crippen molar-refractivity contribution in [3.8, 4) is 11.5 Å². The summed E-state index contributed by atoms with van der Waals surface area (Å²) < 4.78 is 10.8. The summed E-state index contributed by atoms with van der Waals surface area (Å²) in [5.74, 6) is 0.603. The van der Waals surface area contributed by atoms with Gasteiger partial charge in [-0.25, -0.2) is 0 Å². The van der Waals surface area contributed by atoms with Crippen LogP contribution in [0.1, 0.15) is 27.2 Å². The summed E-state index contributed by atoms with van der Waals surface area (Å²) in [4.78, 5) is 18.0. The number of methoxy groups -OCH3 is 2. The molecule has 0 aliphatic rings. The zero-order valence-corrected chi connectivity index (χ0v) is 16.9. The van der Waals surface area contributed by atoms with Crippen LogP contribution in [0.25, 0.3) is 21.5 Å². The number of hydrogen-bond acceptors (Lipinski definition) is 5. The maximum absolute atomic E-state index is 13.6. The Labute approximate surface area is 173 Å². The van der Waals surface area contributed by atoms with Crippen LogP contribution >= 0.6 is 0 Å². The molecular weight excluding hydrogens is 378 g/mol. The number of aromatic nitrogens is 1. The van der Waals surface area contributed by atoms with Crippen LogP contribution < -0.4 is 15.2 Å². The molecule has 0 aliphatic carbocycles. The number of ether oxygens (including phenoxy) is 2. The Hall–Kier alpha value is -3.93. The quantitative estimate of drug-likeness (QED) is 0.297. The van der Waals surface area contributed by atoms with Gasteiger partial charge >= 0.3 is 0 Å². The first kappa shape index (κ1) is 19.4. The summed E-state index contributed by atoms with van der Waals surface area (Å²) in [6.07, 6.45) is 1.46. The van der Waals surface area contributed by atoms with Gasteiger partial charge in [0.15, 0.2) is 11.5 Å². The summed E-state index contributed by atoms with van der Waals surface area (Å²) in [5, 5.41) is 10.9. The average molecular weight is 399 g/mol. The third kappa shape index (κ3) is 3.03. The number of fused-ring (bicyclic) bond motifs is 2. The van der Waals surface area contributed by atoms with E-state index in [0.29, 0.717) is 33.4 Å². The van der Waals surface area contributed by atoms with Crippen molar-refractivity contribution in [1.82, 2.24) is 4.98 Å². The molecule has 0 amide bonds. The van der Waals surface area contributed by atoms with Crippen LogP contribution in [0.15, 0.2) is 54.7 Å². The monoisotopic (exact) mass is 399 g/mol. The number of benzene rings is 3. The highest BCUT2D eigenvalue weighted by Gasteiger charge is 2.21. The van der Waals surface area contributed by atoms with Gasteiger partial charge in [0.2, 0.25) is 5.78 Å². The van der Waals surface area contributed by atoms with Crippen molar-refractivity contribution in [2.24, 2.45) is 5.73 Å². The number of carbonyl (C=O) groups excluding carboxylic acids is 1. The normalized spacial score (nSPS) is 10.9. The highest BCUT2D eigenvalue weighted by Crippen LogP contribution is 2.36. The second kappa shape index (κ2) is 7.48. The highest BCUT2D eigenvalue weighted by atomic mass is 16.5. The molecule has 6 heteroatoms. The minimum absolute atomic E-state index is 0.139. The molecule has 3 aromatic carbocycles. The van der Waals surface area contributed by atoms with E-state index in [-0.39, 0.29) is 17.3 Å². The van der Waals surface area contributed by atoms with Gasteiger partial charge in [-0.1, -0.05) is 36.4 Å². The Morgan fingerprint density at radius 2 is 1.53 bits per heavy atom. The minimum Gasteiger partial charge on any atom is -0.493 e. The Balaban J connectivity index is 2.02. The van der Waals surface area contributed by atoms with Gasteiger partial charge < -0.3 is 15.2 Å². The fourth-order valence-electron chi connectivity index (χ4n) is 3.74. The number of hydrogen-bond donors (Lipinski definition) is 2.